The molecule has 0 aliphatic heterocycles. The van der Waals surface area contributed by atoms with Crippen LogP contribution in [-0.4, -0.2) is 25.2 Å². The highest BCUT2D eigenvalue weighted by Crippen LogP contribution is 2.05. The Hall–Kier alpha value is -0.980. The van der Waals surface area contributed by atoms with Gasteiger partial charge in [-0.3, -0.25) is 0 Å². The molecular formula is C12H18N2O2S2. The van der Waals surface area contributed by atoms with Crippen LogP contribution in [0.2, 0.25) is 0 Å². The fourth-order valence-electron chi connectivity index (χ4n) is 1.62. The number of hydrogen-bond donors (Lipinski definition) is 2. The maximum absolute atomic E-state index is 11.6. The largest absolute Gasteiger partial charge is 0.392 e. The van der Waals surface area contributed by atoms with Gasteiger partial charge in [-0.15, -0.1) is 0 Å². The summed E-state index contributed by atoms with van der Waals surface area (Å²) in [6, 6.07) is 9.81. The minimum absolute atomic E-state index is 0.0160. The zero-order valence-electron chi connectivity index (χ0n) is 10.3. The van der Waals surface area contributed by atoms with E-state index in [4.69, 9.17) is 5.73 Å². The van der Waals surface area contributed by atoms with Gasteiger partial charge in [0.15, 0.2) is 0 Å². The molecule has 0 radical (unpaired) electrons. The van der Waals surface area contributed by atoms with Crippen molar-refractivity contribution in [1.29, 1.82) is 0 Å². The van der Waals surface area contributed by atoms with E-state index in [0.717, 1.165) is 12.8 Å². The Bertz CT molecular complexity index is 486. The molecule has 6 heteroatoms. The standard InChI is InChI=1S/C12H18N2O2S2/c1-10(14-18(15,16)9-12(13)17)7-8-11-5-3-2-4-6-11/h2-6,10,14H,7-9H2,1H3,(H2,13,17). The number of thiocarbonyl (C=S) groups is 1. The summed E-state index contributed by atoms with van der Waals surface area (Å²) in [5.41, 5.74) is 6.42. The molecule has 0 saturated carbocycles. The second-order valence-corrected chi connectivity index (χ2v) is 6.55. The number of nitrogens with two attached hydrogens (primary N) is 1. The summed E-state index contributed by atoms with van der Waals surface area (Å²) < 4.78 is 25.7. The molecule has 0 aliphatic carbocycles. The van der Waals surface area contributed by atoms with E-state index >= 15 is 0 Å². The van der Waals surface area contributed by atoms with Gasteiger partial charge in [0.1, 0.15) is 5.75 Å². The Kier molecular flexibility index (Phi) is 5.71. The van der Waals surface area contributed by atoms with Crippen molar-refractivity contribution in [3.8, 4) is 0 Å². The molecule has 4 nitrogen and oxygen atoms in total. The van der Waals surface area contributed by atoms with Crippen LogP contribution >= 0.6 is 12.2 Å². The van der Waals surface area contributed by atoms with E-state index in [0.29, 0.717) is 0 Å². The van der Waals surface area contributed by atoms with Crippen LogP contribution in [0.15, 0.2) is 30.3 Å². The van der Waals surface area contributed by atoms with Crippen molar-refractivity contribution in [3.05, 3.63) is 35.9 Å². The molecule has 0 aromatic heterocycles. The van der Waals surface area contributed by atoms with Crippen molar-refractivity contribution in [2.75, 3.05) is 5.75 Å². The Morgan fingerprint density at radius 2 is 2.00 bits per heavy atom. The summed E-state index contributed by atoms with van der Waals surface area (Å²) in [4.78, 5) is -0.0160. The highest BCUT2D eigenvalue weighted by molar-refractivity contribution is 7.92. The Morgan fingerprint density at radius 3 is 2.56 bits per heavy atom. The van der Waals surface area contributed by atoms with Crippen molar-refractivity contribution in [2.45, 2.75) is 25.8 Å². The lowest BCUT2D eigenvalue weighted by Crippen LogP contribution is -2.38. The average Bonchev–Trinajstić information content (AvgIpc) is 2.25. The van der Waals surface area contributed by atoms with Gasteiger partial charge in [0.25, 0.3) is 0 Å². The molecule has 0 bridgehead atoms. The van der Waals surface area contributed by atoms with Crippen LogP contribution < -0.4 is 10.5 Å². The highest BCUT2D eigenvalue weighted by Gasteiger charge is 2.15. The van der Waals surface area contributed by atoms with Crippen LogP contribution in [-0.2, 0) is 16.4 Å². The van der Waals surface area contributed by atoms with Gasteiger partial charge in [0, 0.05) is 6.04 Å². The SMILES string of the molecule is CC(CCc1ccccc1)NS(=O)(=O)CC(N)=S. The van der Waals surface area contributed by atoms with Crippen LogP contribution in [0.25, 0.3) is 0 Å². The molecule has 0 fully saturated rings. The fraction of sp³-hybridized carbons (Fsp3) is 0.417. The maximum Gasteiger partial charge on any atom is 0.218 e. The van der Waals surface area contributed by atoms with E-state index in [1.165, 1.54) is 5.56 Å². The van der Waals surface area contributed by atoms with Gasteiger partial charge < -0.3 is 5.73 Å². The molecule has 1 rings (SSSR count). The summed E-state index contributed by atoms with van der Waals surface area (Å²) >= 11 is 4.60. The summed E-state index contributed by atoms with van der Waals surface area (Å²) in [6.07, 6.45) is 1.57. The van der Waals surface area contributed by atoms with Crippen molar-refractivity contribution in [1.82, 2.24) is 4.72 Å². The van der Waals surface area contributed by atoms with Crippen LogP contribution in [0.3, 0.4) is 0 Å². The van der Waals surface area contributed by atoms with Gasteiger partial charge in [0.05, 0.1) is 4.99 Å². The number of benzene rings is 1. The quantitative estimate of drug-likeness (QED) is 0.739. The van der Waals surface area contributed by atoms with E-state index < -0.39 is 10.0 Å². The van der Waals surface area contributed by atoms with Gasteiger partial charge in [-0.2, -0.15) is 0 Å². The van der Waals surface area contributed by atoms with Crippen LogP contribution in [0, 0.1) is 0 Å². The number of sulfonamides is 1. The molecule has 0 spiro atoms. The third-order valence-corrected chi connectivity index (χ3v) is 4.20. The third-order valence-electron chi connectivity index (χ3n) is 2.42. The second kappa shape index (κ2) is 6.82. The molecule has 1 unspecified atom stereocenters. The predicted molar refractivity (Wildman–Crippen MR) is 77.9 cm³/mol. The summed E-state index contributed by atoms with van der Waals surface area (Å²) in [5, 5.41) is 0. The average molecular weight is 286 g/mol. The minimum atomic E-state index is -3.40. The topological polar surface area (TPSA) is 72.2 Å². The van der Waals surface area contributed by atoms with Gasteiger partial charge in [-0.1, -0.05) is 42.5 Å². The Balaban J connectivity index is 2.42. The number of nitrogens with one attached hydrogen (secondary N) is 1. The molecule has 1 atom stereocenters. The lowest BCUT2D eigenvalue weighted by Gasteiger charge is -2.13. The molecule has 0 aliphatic rings. The van der Waals surface area contributed by atoms with Gasteiger partial charge >= 0.3 is 0 Å². The first kappa shape index (κ1) is 15.1. The summed E-state index contributed by atoms with van der Waals surface area (Å²) in [7, 11) is -3.40. The summed E-state index contributed by atoms with van der Waals surface area (Å²) in [5.74, 6) is -0.294. The van der Waals surface area contributed by atoms with Gasteiger partial charge in [-0.05, 0) is 25.3 Å². The van der Waals surface area contributed by atoms with Crippen molar-refractivity contribution in [2.24, 2.45) is 5.73 Å². The molecule has 3 N–H and O–H groups in total. The summed E-state index contributed by atoms with van der Waals surface area (Å²) in [6.45, 7) is 1.83. The van der Waals surface area contributed by atoms with Crippen molar-refractivity contribution < 1.29 is 8.42 Å². The highest BCUT2D eigenvalue weighted by atomic mass is 32.2. The van der Waals surface area contributed by atoms with E-state index in [1.807, 2.05) is 37.3 Å². The van der Waals surface area contributed by atoms with E-state index in [2.05, 4.69) is 16.9 Å². The smallest absolute Gasteiger partial charge is 0.218 e. The molecule has 100 valence electrons. The Labute approximate surface area is 114 Å². The van der Waals surface area contributed by atoms with Crippen molar-refractivity contribution in [3.63, 3.8) is 0 Å². The van der Waals surface area contributed by atoms with E-state index in [9.17, 15) is 8.42 Å². The molecule has 0 heterocycles. The minimum Gasteiger partial charge on any atom is -0.392 e. The number of rotatable bonds is 7. The monoisotopic (exact) mass is 286 g/mol. The molecular weight excluding hydrogens is 268 g/mol. The lowest BCUT2D eigenvalue weighted by molar-refractivity contribution is 0.550. The van der Waals surface area contributed by atoms with Gasteiger partial charge in [0.2, 0.25) is 10.0 Å². The number of hydrogen-bond acceptors (Lipinski definition) is 3. The first-order chi connectivity index (χ1) is 8.39. The van der Waals surface area contributed by atoms with Crippen LogP contribution in [0.5, 0.6) is 0 Å². The molecule has 1 aromatic rings. The number of aryl methyl sites for hydroxylation is 1. The Morgan fingerprint density at radius 1 is 1.39 bits per heavy atom. The van der Waals surface area contributed by atoms with Crippen LogP contribution in [0.1, 0.15) is 18.9 Å². The maximum atomic E-state index is 11.6. The van der Waals surface area contributed by atoms with Crippen molar-refractivity contribution >= 4 is 27.2 Å². The normalized spacial score (nSPS) is 13.2. The first-order valence-corrected chi connectivity index (χ1v) is 7.77. The van der Waals surface area contributed by atoms with E-state index in [1.54, 1.807) is 0 Å². The molecule has 0 saturated heterocycles. The van der Waals surface area contributed by atoms with E-state index in [-0.39, 0.29) is 16.8 Å². The fourth-order valence-corrected chi connectivity index (χ4v) is 3.28. The first-order valence-electron chi connectivity index (χ1n) is 5.71. The van der Waals surface area contributed by atoms with Gasteiger partial charge in [-0.25, -0.2) is 13.1 Å². The lowest BCUT2D eigenvalue weighted by atomic mass is 10.1. The molecule has 1 aromatic carbocycles. The second-order valence-electron chi connectivity index (χ2n) is 4.27. The van der Waals surface area contributed by atoms with Crippen LogP contribution in [0.4, 0.5) is 0 Å². The molecule has 0 amide bonds. The predicted octanol–water partition coefficient (Wildman–Crippen LogP) is 1.21. The third kappa shape index (κ3) is 6.09. The molecule has 18 heavy (non-hydrogen) atoms. The zero-order chi connectivity index (χ0) is 13.6. The zero-order valence-corrected chi connectivity index (χ0v) is 11.9.